The van der Waals surface area contributed by atoms with Crippen molar-refractivity contribution in [3.63, 3.8) is 0 Å². The van der Waals surface area contributed by atoms with E-state index >= 15 is 0 Å². The van der Waals surface area contributed by atoms with E-state index in [0.29, 0.717) is 34.0 Å². The largest absolute Gasteiger partial charge is 0.349 e. The number of hydrogen-bond donors (Lipinski definition) is 1. The Balaban J connectivity index is 1.31. The van der Waals surface area contributed by atoms with Crippen molar-refractivity contribution in [3.8, 4) is 5.69 Å². The van der Waals surface area contributed by atoms with Crippen molar-refractivity contribution in [1.29, 1.82) is 0 Å². The first-order valence-corrected chi connectivity index (χ1v) is 12.0. The summed E-state index contributed by atoms with van der Waals surface area (Å²) < 4.78 is 17.6. The van der Waals surface area contributed by atoms with Crippen LogP contribution in [0.4, 0.5) is 4.39 Å². The molecule has 0 unspecified atom stereocenters. The van der Waals surface area contributed by atoms with E-state index in [9.17, 15) is 14.0 Å². The first-order chi connectivity index (χ1) is 16.9. The molecule has 1 aliphatic rings. The van der Waals surface area contributed by atoms with Gasteiger partial charge in [0.05, 0.1) is 27.5 Å². The number of amides is 1. The number of hydrogen-bond acceptors (Lipinski definition) is 4. The third-order valence-electron chi connectivity index (χ3n) is 6.71. The Bertz CT molecular complexity index is 1460. The molecule has 3 heterocycles. The summed E-state index contributed by atoms with van der Waals surface area (Å²) in [7, 11) is 0. The molecule has 0 radical (unpaired) electrons. The topological polar surface area (TPSA) is 81.8 Å². The second-order valence-corrected chi connectivity index (χ2v) is 9.44. The van der Waals surface area contributed by atoms with E-state index in [1.165, 1.54) is 16.8 Å². The van der Waals surface area contributed by atoms with E-state index in [2.05, 4.69) is 15.3 Å². The third kappa shape index (κ3) is 4.58. The average Bonchev–Trinajstić information content (AvgIpc) is 3.13. The molecule has 1 aromatic carbocycles. The molecule has 7 nitrogen and oxygen atoms in total. The standard InChI is InChI=1S/C26H25ClFN5O2/c1-16-20(13-18(27)14-30-16)25(34)31-19-10-8-17(9-11-19)15-32-23-7-4-12-29-24(23)33(26(32)35)22-6-3-2-5-21(22)28/h2-7,12-14,17,19H,8-11,15H2,1H3,(H,31,34). The summed E-state index contributed by atoms with van der Waals surface area (Å²) in [6, 6.07) is 11.5. The highest BCUT2D eigenvalue weighted by molar-refractivity contribution is 6.30. The van der Waals surface area contributed by atoms with Crippen molar-refractivity contribution in [1.82, 2.24) is 24.4 Å². The predicted octanol–water partition coefficient (Wildman–Crippen LogP) is 4.67. The smallest absolute Gasteiger partial charge is 0.335 e. The lowest BCUT2D eigenvalue weighted by molar-refractivity contribution is 0.0919. The zero-order chi connectivity index (χ0) is 24.5. The fraction of sp³-hybridized carbons (Fsp3) is 0.308. The van der Waals surface area contributed by atoms with Gasteiger partial charge in [-0.1, -0.05) is 23.7 Å². The van der Waals surface area contributed by atoms with Crippen LogP contribution in [-0.4, -0.2) is 31.1 Å². The number of halogens is 2. The normalized spacial score (nSPS) is 18.0. The average molecular weight is 494 g/mol. The number of para-hydroxylation sites is 1. The quantitative estimate of drug-likeness (QED) is 0.438. The van der Waals surface area contributed by atoms with Crippen LogP contribution in [0.2, 0.25) is 5.02 Å². The molecule has 4 aromatic rings. The van der Waals surface area contributed by atoms with Gasteiger partial charge in [-0.2, -0.15) is 0 Å². The summed E-state index contributed by atoms with van der Waals surface area (Å²) in [5, 5.41) is 3.53. The summed E-state index contributed by atoms with van der Waals surface area (Å²) in [5.41, 5.74) is 2.13. The maximum absolute atomic E-state index is 14.5. The van der Waals surface area contributed by atoms with E-state index in [4.69, 9.17) is 11.6 Å². The molecule has 1 fully saturated rings. The molecule has 180 valence electrons. The van der Waals surface area contributed by atoms with Gasteiger partial charge in [-0.25, -0.2) is 18.7 Å². The van der Waals surface area contributed by atoms with Gasteiger partial charge in [0.2, 0.25) is 0 Å². The number of imidazole rings is 1. The highest BCUT2D eigenvalue weighted by Gasteiger charge is 2.26. The Morgan fingerprint density at radius 3 is 2.69 bits per heavy atom. The van der Waals surface area contributed by atoms with Crippen LogP contribution in [-0.2, 0) is 6.54 Å². The second kappa shape index (κ2) is 9.62. The number of fused-ring (bicyclic) bond motifs is 1. The molecule has 0 bridgehead atoms. The van der Waals surface area contributed by atoms with Crippen molar-refractivity contribution < 1.29 is 9.18 Å². The zero-order valence-corrected chi connectivity index (χ0v) is 20.0. The Morgan fingerprint density at radius 2 is 1.91 bits per heavy atom. The van der Waals surface area contributed by atoms with Crippen LogP contribution in [0.1, 0.15) is 41.7 Å². The summed E-state index contributed by atoms with van der Waals surface area (Å²) in [5.74, 6) is -0.382. The van der Waals surface area contributed by atoms with Crippen molar-refractivity contribution in [2.45, 2.75) is 45.2 Å². The Morgan fingerprint density at radius 1 is 1.14 bits per heavy atom. The van der Waals surface area contributed by atoms with Crippen molar-refractivity contribution in [2.24, 2.45) is 5.92 Å². The summed E-state index contributed by atoms with van der Waals surface area (Å²) in [6.07, 6.45) is 6.46. The number of carbonyl (C=O) groups is 1. The lowest BCUT2D eigenvalue weighted by atomic mass is 9.85. The van der Waals surface area contributed by atoms with E-state index in [-0.39, 0.29) is 29.2 Å². The van der Waals surface area contributed by atoms with Gasteiger partial charge in [0.15, 0.2) is 5.65 Å². The molecule has 1 amide bonds. The van der Waals surface area contributed by atoms with Gasteiger partial charge in [-0.15, -0.1) is 0 Å². The van der Waals surface area contributed by atoms with Gasteiger partial charge in [0.25, 0.3) is 5.91 Å². The summed E-state index contributed by atoms with van der Waals surface area (Å²) in [4.78, 5) is 34.6. The van der Waals surface area contributed by atoms with Crippen molar-refractivity contribution in [2.75, 3.05) is 0 Å². The maximum Gasteiger partial charge on any atom is 0.335 e. The van der Waals surface area contributed by atoms with E-state index in [1.807, 2.05) is 6.07 Å². The lowest BCUT2D eigenvalue weighted by Gasteiger charge is -2.29. The second-order valence-electron chi connectivity index (χ2n) is 9.00. The molecule has 3 aromatic heterocycles. The minimum Gasteiger partial charge on any atom is -0.349 e. The van der Waals surface area contributed by atoms with Crippen LogP contribution in [0.5, 0.6) is 0 Å². The van der Waals surface area contributed by atoms with Crippen molar-refractivity contribution >= 4 is 28.7 Å². The molecular formula is C26H25ClFN5O2. The number of nitrogens with zero attached hydrogens (tertiary/aromatic N) is 4. The van der Waals surface area contributed by atoms with Gasteiger partial charge in [-0.05, 0) is 68.9 Å². The molecule has 0 aliphatic heterocycles. The SMILES string of the molecule is Cc1ncc(Cl)cc1C(=O)NC1CCC(Cn2c(=O)n(-c3ccccc3F)c3ncccc32)CC1. The molecule has 0 saturated heterocycles. The number of rotatable bonds is 5. The van der Waals surface area contributed by atoms with Gasteiger partial charge in [-0.3, -0.25) is 14.3 Å². The molecule has 1 saturated carbocycles. The Labute approximate surface area is 206 Å². The van der Waals surface area contributed by atoms with Crippen LogP contribution >= 0.6 is 11.6 Å². The molecular weight excluding hydrogens is 469 g/mol. The highest BCUT2D eigenvalue weighted by atomic mass is 35.5. The number of carbonyl (C=O) groups excluding carboxylic acids is 1. The van der Waals surface area contributed by atoms with E-state index in [0.717, 1.165) is 25.7 Å². The predicted molar refractivity (Wildman–Crippen MR) is 132 cm³/mol. The van der Waals surface area contributed by atoms with E-state index in [1.54, 1.807) is 48.0 Å². The fourth-order valence-electron chi connectivity index (χ4n) is 4.86. The number of aryl methyl sites for hydroxylation is 1. The maximum atomic E-state index is 14.5. The van der Waals surface area contributed by atoms with Crippen LogP contribution in [0, 0.1) is 18.7 Å². The molecule has 5 rings (SSSR count). The molecule has 0 spiro atoms. The minimum absolute atomic E-state index is 0.0512. The molecule has 35 heavy (non-hydrogen) atoms. The first kappa shape index (κ1) is 23.2. The summed E-state index contributed by atoms with van der Waals surface area (Å²) in [6.45, 7) is 2.30. The number of pyridine rings is 2. The molecule has 0 atom stereocenters. The molecule has 1 N–H and O–H groups in total. The lowest BCUT2D eigenvalue weighted by Crippen LogP contribution is -2.39. The first-order valence-electron chi connectivity index (χ1n) is 11.7. The van der Waals surface area contributed by atoms with Crippen molar-refractivity contribution in [3.05, 3.63) is 87.4 Å². The van der Waals surface area contributed by atoms with E-state index < -0.39 is 5.82 Å². The monoisotopic (exact) mass is 493 g/mol. The number of benzene rings is 1. The van der Waals surface area contributed by atoms with Crippen LogP contribution in [0.15, 0.2) is 59.7 Å². The third-order valence-corrected chi connectivity index (χ3v) is 6.91. The van der Waals surface area contributed by atoms with Crippen LogP contribution in [0.25, 0.3) is 16.9 Å². The van der Waals surface area contributed by atoms with Crippen LogP contribution in [0.3, 0.4) is 0 Å². The van der Waals surface area contributed by atoms with Gasteiger partial charge in [0, 0.05) is 25.0 Å². The number of aromatic nitrogens is 4. The Kier molecular flexibility index (Phi) is 6.38. The molecule has 9 heteroatoms. The fourth-order valence-corrected chi connectivity index (χ4v) is 5.02. The van der Waals surface area contributed by atoms with Gasteiger partial charge < -0.3 is 5.32 Å². The van der Waals surface area contributed by atoms with Gasteiger partial charge in [0.1, 0.15) is 5.82 Å². The Hall–Kier alpha value is -3.52. The number of nitrogens with one attached hydrogen (secondary N) is 1. The zero-order valence-electron chi connectivity index (χ0n) is 19.2. The van der Waals surface area contributed by atoms with Gasteiger partial charge >= 0.3 is 5.69 Å². The highest BCUT2D eigenvalue weighted by Crippen LogP contribution is 2.27. The molecule has 1 aliphatic carbocycles. The minimum atomic E-state index is -0.472. The van der Waals surface area contributed by atoms with Crippen LogP contribution < -0.4 is 11.0 Å². The summed E-state index contributed by atoms with van der Waals surface area (Å²) >= 11 is 6.01.